The van der Waals surface area contributed by atoms with Gasteiger partial charge in [-0.15, -0.1) is 24.0 Å². The Morgan fingerprint density at radius 1 is 0.898 bits per heavy atom. The smallest absolute Gasteiger partial charge is 0.324 e. The lowest BCUT2D eigenvalue weighted by Crippen LogP contribution is -2.46. The molecule has 260 valence electrons. The van der Waals surface area contributed by atoms with Gasteiger partial charge in [-0.2, -0.15) is 5.10 Å². The van der Waals surface area contributed by atoms with Crippen molar-refractivity contribution in [2.24, 2.45) is 0 Å². The third-order valence-electron chi connectivity index (χ3n) is 9.22. The van der Waals surface area contributed by atoms with Crippen LogP contribution in [0.25, 0.3) is 0 Å². The first-order valence-electron chi connectivity index (χ1n) is 16.3. The molecule has 0 aliphatic carbocycles. The molecule has 2 atom stereocenters. The summed E-state index contributed by atoms with van der Waals surface area (Å²) >= 11 is 0. The molecule has 49 heavy (non-hydrogen) atoms. The molecule has 3 aromatic carbocycles. The van der Waals surface area contributed by atoms with Gasteiger partial charge in [0.2, 0.25) is 0 Å². The number of ether oxygens (including phenoxy) is 3. The van der Waals surface area contributed by atoms with Crippen LogP contribution in [0.15, 0.2) is 79.4 Å². The third-order valence-corrected chi connectivity index (χ3v) is 9.22. The van der Waals surface area contributed by atoms with E-state index in [-0.39, 0.29) is 61.4 Å². The Kier molecular flexibility index (Phi) is 10.6. The van der Waals surface area contributed by atoms with Crippen molar-refractivity contribution in [1.82, 2.24) is 19.7 Å². The van der Waals surface area contributed by atoms with Crippen LogP contribution in [0.2, 0.25) is 0 Å². The minimum absolute atomic E-state index is 0. The summed E-state index contributed by atoms with van der Waals surface area (Å²) in [5, 5.41) is 4.13. The van der Waals surface area contributed by atoms with Crippen molar-refractivity contribution in [2.75, 3.05) is 67.2 Å². The van der Waals surface area contributed by atoms with Crippen molar-refractivity contribution in [2.45, 2.75) is 38.3 Å². The molecule has 0 unspecified atom stereocenters. The number of benzene rings is 3. The molecular weight excluding hydrogens is 747 g/mol. The summed E-state index contributed by atoms with van der Waals surface area (Å²) in [7, 11) is 0. The summed E-state index contributed by atoms with van der Waals surface area (Å²) in [4.78, 5) is 25.2. The van der Waals surface area contributed by atoms with Crippen molar-refractivity contribution in [1.29, 1.82) is 0 Å². The second-order valence-corrected chi connectivity index (χ2v) is 12.6. The number of amides is 2. The maximum absolute atomic E-state index is 14.9. The van der Waals surface area contributed by atoms with Crippen molar-refractivity contribution in [3.8, 4) is 5.75 Å². The van der Waals surface area contributed by atoms with Crippen LogP contribution < -0.4 is 19.4 Å². The highest BCUT2D eigenvalue weighted by Crippen LogP contribution is 2.37. The van der Waals surface area contributed by atoms with Gasteiger partial charge in [0.15, 0.2) is 6.29 Å². The summed E-state index contributed by atoms with van der Waals surface area (Å²) < 4.78 is 48.2. The fourth-order valence-electron chi connectivity index (χ4n) is 6.63. The zero-order chi connectivity index (χ0) is 33.3. The number of halogens is 3. The highest BCUT2D eigenvalue weighted by Gasteiger charge is 2.45. The monoisotopic (exact) mass is 787 g/mol. The minimum Gasteiger partial charge on any atom is -0.488 e. The molecule has 0 N–H and O–H groups in total. The highest BCUT2D eigenvalue weighted by atomic mass is 127. The first-order valence-corrected chi connectivity index (χ1v) is 16.3. The van der Waals surface area contributed by atoms with Crippen LogP contribution in [0.4, 0.5) is 30.6 Å². The van der Waals surface area contributed by atoms with E-state index >= 15 is 0 Å². The van der Waals surface area contributed by atoms with E-state index in [2.05, 4.69) is 32.0 Å². The van der Waals surface area contributed by atoms with E-state index in [1.807, 2.05) is 60.0 Å². The molecule has 3 saturated heterocycles. The predicted molar refractivity (Wildman–Crippen MR) is 192 cm³/mol. The van der Waals surface area contributed by atoms with Crippen LogP contribution in [-0.2, 0) is 21.6 Å². The van der Waals surface area contributed by atoms with E-state index in [1.165, 1.54) is 29.5 Å². The summed E-state index contributed by atoms with van der Waals surface area (Å²) in [6.07, 6.45) is 2.12. The molecular formula is C35H40F2IN7O4. The first kappa shape index (κ1) is 34.8. The standard InChI is InChI=1S/C35H39F2N7O4.HI/c1-25(2)43-17-18-44(34(43)45)29-6-4-27(5-7-29)40-13-15-41(16-14-40)28-8-10-30(11-9-28)46-20-33-47-22-35(48-33,21-42-24-38-23-39-42)31-12-3-26(36)19-32(31)37;/h3-12,19,23-25,33H,13-18,20-22H2,1-2H3;1H/t33-,35+;/m0./s1. The number of carbonyl (C=O) groups excluding carboxylic acids is 1. The van der Waals surface area contributed by atoms with Crippen LogP contribution in [0.5, 0.6) is 5.75 Å². The number of rotatable bonds is 10. The van der Waals surface area contributed by atoms with E-state index in [9.17, 15) is 13.6 Å². The molecule has 1 aromatic heterocycles. The molecule has 0 radical (unpaired) electrons. The fraction of sp³-hybridized carbons (Fsp3) is 0.400. The van der Waals surface area contributed by atoms with Crippen molar-refractivity contribution in [3.63, 3.8) is 0 Å². The number of anilines is 3. The molecule has 14 heteroatoms. The quantitative estimate of drug-likeness (QED) is 0.195. The Bertz CT molecular complexity index is 1710. The van der Waals surface area contributed by atoms with Crippen molar-refractivity contribution < 1.29 is 27.8 Å². The lowest BCUT2D eigenvalue weighted by atomic mass is 9.94. The van der Waals surface area contributed by atoms with Gasteiger partial charge in [0.1, 0.15) is 42.2 Å². The second-order valence-electron chi connectivity index (χ2n) is 12.6. The fourth-order valence-corrected chi connectivity index (χ4v) is 6.63. The van der Waals surface area contributed by atoms with Gasteiger partial charge in [-0.05, 0) is 68.4 Å². The molecule has 0 spiro atoms. The zero-order valence-corrected chi connectivity index (χ0v) is 29.8. The summed E-state index contributed by atoms with van der Waals surface area (Å²) in [5.41, 5.74) is 2.15. The van der Waals surface area contributed by atoms with Gasteiger partial charge in [-0.25, -0.2) is 23.2 Å². The number of hydrogen-bond acceptors (Lipinski definition) is 8. The minimum atomic E-state index is -1.23. The van der Waals surface area contributed by atoms with E-state index in [0.29, 0.717) is 12.3 Å². The van der Waals surface area contributed by atoms with Crippen molar-refractivity contribution >= 4 is 47.1 Å². The lowest BCUT2D eigenvalue weighted by Gasteiger charge is -2.37. The topological polar surface area (TPSA) is 88.4 Å². The Morgan fingerprint density at radius 2 is 1.55 bits per heavy atom. The van der Waals surface area contributed by atoms with E-state index in [0.717, 1.165) is 55.9 Å². The molecule has 0 saturated carbocycles. The van der Waals surface area contributed by atoms with E-state index < -0.39 is 23.5 Å². The number of carbonyl (C=O) groups is 1. The van der Waals surface area contributed by atoms with Gasteiger partial charge < -0.3 is 28.9 Å². The SMILES string of the molecule is CC(C)N1CCN(c2ccc(N3CCN(c4ccc(OC[C@H]5OC[C@](Cn6cncn6)(c6ccc(F)cc6F)O5)cc4)CC3)cc2)C1=O.I. The van der Waals surface area contributed by atoms with Crippen LogP contribution in [-0.4, -0.2) is 90.5 Å². The molecule has 0 bridgehead atoms. The number of aromatic nitrogens is 3. The molecule has 3 aliphatic rings. The normalized spacial score (nSPS) is 21.1. The zero-order valence-electron chi connectivity index (χ0n) is 27.5. The van der Waals surface area contributed by atoms with Crippen LogP contribution in [0, 0.1) is 11.6 Å². The summed E-state index contributed by atoms with van der Waals surface area (Å²) in [6, 6.07) is 19.9. The Morgan fingerprint density at radius 3 is 2.14 bits per heavy atom. The average Bonchev–Trinajstić information content (AvgIpc) is 3.85. The summed E-state index contributed by atoms with van der Waals surface area (Å²) in [6.45, 7) is 9.31. The number of hydrogen-bond donors (Lipinski definition) is 0. The van der Waals surface area contributed by atoms with Crippen LogP contribution >= 0.6 is 24.0 Å². The van der Waals surface area contributed by atoms with Gasteiger partial charge in [0.25, 0.3) is 0 Å². The number of piperazine rings is 1. The maximum atomic E-state index is 14.9. The molecule has 7 rings (SSSR count). The van der Waals surface area contributed by atoms with E-state index in [4.69, 9.17) is 14.2 Å². The Labute approximate surface area is 301 Å². The molecule has 4 aromatic rings. The van der Waals surface area contributed by atoms with E-state index in [1.54, 1.807) is 0 Å². The predicted octanol–water partition coefficient (Wildman–Crippen LogP) is 5.50. The summed E-state index contributed by atoms with van der Waals surface area (Å²) in [5.74, 6) is -0.736. The Balaban J connectivity index is 0.00000417. The number of nitrogens with zero attached hydrogens (tertiary/aromatic N) is 7. The third kappa shape index (κ3) is 7.45. The Hall–Kier alpha value is -4.02. The molecule has 3 aliphatic heterocycles. The van der Waals surface area contributed by atoms with Gasteiger partial charge in [0.05, 0.1) is 13.2 Å². The van der Waals surface area contributed by atoms with Gasteiger partial charge >= 0.3 is 6.03 Å². The largest absolute Gasteiger partial charge is 0.488 e. The second kappa shape index (κ2) is 14.8. The molecule has 3 fully saturated rings. The average molecular weight is 788 g/mol. The molecule has 4 heterocycles. The highest BCUT2D eigenvalue weighted by molar-refractivity contribution is 14.0. The van der Waals surface area contributed by atoms with Gasteiger partial charge in [-0.1, -0.05) is 6.07 Å². The van der Waals surface area contributed by atoms with Crippen molar-refractivity contribution in [3.05, 3.63) is 96.6 Å². The first-order chi connectivity index (χ1) is 23.3. The number of urea groups is 1. The van der Waals surface area contributed by atoms with Gasteiger partial charge in [-0.3, -0.25) is 4.90 Å². The van der Waals surface area contributed by atoms with Crippen LogP contribution in [0.1, 0.15) is 19.4 Å². The molecule has 2 amide bonds. The van der Waals surface area contributed by atoms with Gasteiger partial charge in [0, 0.05) is 74.0 Å². The molecule has 11 nitrogen and oxygen atoms in total. The lowest BCUT2D eigenvalue weighted by molar-refractivity contribution is -0.117. The van der Waals surface area contributed by atoms with Crippen LogP contribution in [0.3, 0.4) is 0 Å². The maximum Gasteiger partial charge on any atom is 0.324 e.